The van der Waals surface area contributed by atoms with Crippen molar-refractivity contribution in [2.24, 2.45) is 5.73 Å². The van der Waals surface area contributed by atoms with Crippen molar-refractivity contribution in [1.29, 1.82) is 0 Å². The number of amides is 1. The van der Waals surface area contributed by atoms with E-state index >= 15 is 0 Å². The van der Waals surface area contributed by atoms with Crippen molar-refractivity contribution < 1.29 is 23.9 Å². The molecule has 30 heavy (non-hydrogen) atoms. The zero-order chi connectivity index (χ0) is 21.5. The number of carbonyl (C=O) groups is 3. The molecule has 7 nitrogen and oxygen atoms in total. The van der Waals surface area contributed by atoms with E-state index in [4.69, 9.17) is 15.2 Å². The summed E-state index contributed by atoms with van der Waals surface area (Å²) in [5.74, 6) is -1.04. The van der Waals surface area contributed by atoms with Crippen LogP contribution >= 0.6 is 0 Å². The Morgan fingerprint density at radius 1 is 1.23 bits per heavy atom. The SMILES string of the molecule is CCCCN1C(=O)[C@@]2(C(C(=O)OCC)=C(N)OC3=C2C(=O)CCC3)c2ccccc21. The van der Waals surface area contributed by atoms with Gasteiger partial charge in [0.05, 0.1) is 12.2 Å². The highest BCUT2D eigenvalue weighted by molar-refractivity contribution is 6.23. The van der Waals surface area contributed by atoms with Crippen LogP contribution in [0.5, 0.6) is 0 Å². The Bertz CT molecular complexity index is 993. The van der Waals surface area contributed by atoms with E-state index in [1.807, 2.05) is 19.1 Å². The normalized spacial score (nSPS) is 22.9. The molecule has 0 fully saturated rings. The molecule has 0 saturated heterocycles. The van der Waals surface area contributed by atoms with Crippen molar-refractivity contribution in [2.75, 3.05) is 18.1 Å². The van der Waals surface area contributed by atoms with Gasteiger partial charge in [-0.1, -0.05) is 31.5 Å². The van der Waals surface area contributed by atoms with E-state index in [0.717, 1.165) is 12.8 Å². The van der Waals surface area contributed by atoms with Gasteiger partial charge in [-0.15, -0.1) is 0 Å². The minimum atomic E-state index is -1.62. The average Bonchev–Trinajstić information content (AvgIpc) is 2.95. The second-order valence-electron chi connectivity index (χ2n) is 7.71. The fourth-order valence-electron chi connectivity index (χ4n) is 4.76. The Labute approximate surface area is 175 Å². The second-order valence-corrected chi connectivity index (χ2v) is 7.71. The predicted molar refractivity (Wildman–Crippen MR) is 110 cm³/mol. The first-order chi connectivity index (χ1) is 14.5. The fraction of sp³-hybridized carbons (Fsp3) is 0.435. The van der Waals surface area contributed by atoms with Crippen molar-refractivity contribution in [3.63, 3.8) is 0 Å². The van der Waals surface area contributed by atoms with Gasteiger partial charge in [-0.3, -0.25) is 9.59 Å². The molecule has 1 atom stereocenters. The lowest BCUT2D eigenvalue weighted by Crippen LogP contribution is -2.51. The number of carbonyl (C=O) groups excluding carboxylic acids is 3. The van der Waals surface area contributed by atoms with E-state index in [1.54, 1.807) is 24.0 Å². The predicted octanol–water partition coefficient (Wildman–Crippen LogP) is 2.84. The number of benzene rings is 1. The van der Waals surface area contributed by atoms with Crippen LogP contribution in [0.15, 0.2) is 47.1 Å². The number of hydrogen-bond acceptors (Lipinski definition) is 6. The lowest BCUT2D eigenvalue weighted by molar-refractivity contribution is -0.141. The summed E-state index contributed by atoms with van der Waals surface area (Å²) in [5.41, 5.74) is 6.03. The molecule has 7 heteroatoms. The van der Waals surface area contributed by atoms with E-state index in [-0.39, 0.29) is 35.3 Å². The smallest absolute Gasteiger partial charge is 0.341 e. The van der Waals surface area contributed by atoms with Gasteiger partial charge in [-0.2, -0.15) is 0 Å². The Balaban J connectivity index is 2.04. The molecule has 0 bridgehead atoms. The van der Waals surface area contributed by atoms with Gasteiger partial charge in [-0.05, 0) is 25.8 Å². The zero-order valence-electron chi connectivity index (χ0n) is 17.3. The number of para-hydroxylation sites is 1. The highest BCUT2D eigenvalue weighted by Gasteiger charge is 2.63. The number of Topliss-reactive ketones (excluding diaryl/α,β-unsaturated/α-hetero) is 1. The van der Waals surface area contributed by atoms with Crippen molar-refractivity contribution in [3.05, 3.63) is 52.6 Å². The maximum absolute atomic E-state index is 14.1. The van der Waals surface area contributed by atoms with Crippen LogP contribution in [0.4, 0.5) is 5.69 Å². The third-order valence-corrected chi connectivity index (χ3v) is 5.97. The number of unbranched alkanes of at least 4 members (excludes halogenated alkanes) is 1. The molecule has 0 radical (unpaired) electrons. The minimum Gasteiger partial charge on any atom is -0.462 e. The summed E-state index contributed by atoms with van der Waals surface area (Å²) in [6.07, 6.45) is 3.09. The number of allylic oxidation sites excluding steroid dienone is 1. The topological polar surface area (TPSA) is 98.9 Å². The summed E-state index contributed by atoms with van der Waals surface area (Å²) in [6.45, 7) is 4.33. The summed E-state index contributed by atoms with van der Waals surface area (Å²) in [7, 11) is 0. The summed E-state index contributed by atoms with van der Waals surface area (Å²) >= 11 is 0. The molecule has 1 aromatic carbocycles. The van der Waals surface area contributed by atoms with E-state index in [0.29, 0.717) is 42.8 Å². The van der Waals surface area contributed by atoms with Gasteiger partial charge < -0.3 is 20.1 Å². The molecule has 0 aromatic heterocycles. The molecule has 1 spiro atoms. The molecule has 4 rings (SSSR count). The van der Waals surface area contributed by atoms with E-state index < -0.39 is 11.4 Å². The molecule has 0 unspecified atom stereocenters. The van der Waals surface area contributed by atoms with Gasteiger partial charge in [0.25, 0.3) is 0 Å². The van der Waals surface area contributed by atoms with Crippen molar-refractivity contribution in [3.8, 4) is 0 Å². The summed E-state index contributed by atoms with van der Waals surface area (Å²) in [5, 5.41) is 0. The van der Waals surface area contributed by atoms with Crippen LogP contribution in [0, 0.1) is 0 Å². The van der Waals surface area contributed by atoms with Crippen LogP contribution < -0.4 is 10.6 Å². The van der Waals surface area contributed by atoms with Crippen LogP contribution in [0.3, 0.4) is 0 Å². The van der Waals surface area contributed by atoms with Gasteiger partial charge in [0.1, 0.15) is 16.7 Å². The third kappa shape index (κ3) is 2.68. The van der Waals surface area contributed by atoms with Crippen molar-refractivity contribution in [1.82, 2.24) is 0 Å². The molecule has 2 heterocycles. The standard InChI is InChI=1S/C23H26N2O5/c1-3-5-13-25-15-10-7-6-9-14(15)23(22(25)28)18-16(26)11-8-12-17(18)30-20(24)19(23)21(27)29-4-2/h6-7,9-10H,3-5,8,11-13,24H2,1-2H3/t23-/m0/s1. The van der Waals surface area contributed by atoms with Crippen LogP contribution in [-0.2, 0) is 29.3 Å². The Hall–Kier alpha value is -3.09. The number of nitrogens with zero attached hydrogens (tertiary/aromatic N) is 1. The first kappa shape index (κ1) is 20.2. The fourth-order valence-corrected chi connectivity index (χ4v) is 4.76. The number of esters is 1. The van der Waals surface area contributed by atoms with E-state index in [9.17, 15) is 14.4 Å². The molecule has 158 valence electrons. The monoisotopic (exact) mass is 410 g/mol. The molecular weight excluding hydrogens is 384 g/mol. The molecule has 2 aliphatic heterocycles. The molecule has 1 aliphatic carbocycles. The van der Waals surface area contributed by atoms with Crippen LogP contribution in [0.1, 0.15) is 51.5 Å². The number of fused-ring (bicyclic) bond motifs is 3. The Morgan fingerprint density at radius 2 is 2.00 bits per heavy atom. The first-order valence-corrected chi connectivity index (χ1v) is 10.5. The van der Waals surface area contributed by atoms with Gasteiger partial charge in [-0.25, -0.2) is 4.79 Å². The minimum absolute atomic E-state index is 0.0881. The Kier molecular flexibility index (Phi) is 5.13. The van der Waals surface area contributed by atoms with E-state index in [1.165, 1.54) is 0 Å². The van der Waals surface area contributed by atoms with E-state index in [2.05, 4.69) is 0 Å². The highest BCUT2D eigenvalue weighted by Crippen LogP contribution is 2.56. The molecule has 1 amide bonds. The molecule has 3 aliphatic rings. The van der Waals surface area contributed by atoms with Crippen LogP contribution in [0.25, 0.3) is 0 Å². The lowest BCUT2D eigenvalue weighted by atomic mass is 9.64. The summed E-state index contributed by atoms with van der Waals surface area (Å²) in [6, 6.07) is 7.29. The van der Waals surface area contributed by atoms with Gasteiger partial charge >= 0.3 is 5.97 Å². The molecule has 2 N–H and O–H groups in total. The zero-order valence-corrected chi connectivity index (χ0v) is 17.3. The lowest BCUT2D eigenvalue weighted by Gasteiger charge is -2.38. The third-order valence-electron chi connectivity index (χ3n) is 5.97. The quantitative estimate of drug-likeness (QED) is 0.750. The van der Waals surface area contributed by atoms with Crippen LogP contribution in [-0.4, -0.2) is 30.8 Å². The summed E-state index contributed by atoms with van der Waals surface area (Å²) < 4.78 is 11.0. The van der Waals surface area contributed by atoms with Gasteiger partial charge in [0.15, 0.2) is 5.78 Å². The maximum atomic E-state index is 14.1. The van der Waals surface area contributed by atoms with Crippen molar-refractivity contribution >= 4 is 23.3 Å². The number of hydrogen-bond donors (Lipinski definition) is 1. The maximum Gasteiger partial charge on any atom is 0.341 e. The van der Waals surface area contributed by atoms with Gasteiger partial charge in [0.2, 0.25) is 11.8 Å². The number of rotatable bonds is 5. The molecule has 0 saturated carbocycles. The first-order valence-electron chi connectivity index (χ1n) is 10.5. The Morgan fingerprint density at radius 3 is 2.73 bits per heavy atom. The number of ether oxygens (including phenoxy) is 2. The molecular formula is C23H26N2O5. The largest absolute Gasteiger partial charge is 0.462 e. The number of nitrogens with two attached hydrogens (primary N) is 1. The summed E-state index contributed by atoms with van der Waals surface area (Å²) in [4.78, 5) is 42.0. The van der Waals surface area contributed by atoms with Crippen molar-refractivity contribution in [2.45, 2.75) is 51.4 Å². The molecule has 1 aromatic rings. The van der Waals surface area contributed by atoms with Crippen LogP contribution in [0.2, 0.25) is 0 Å². The number of ketones is 1. The average molecular weight is 410 g/mol. The number of anilines is 1. The van der Waals surface area contributed by atoms with Gasteiger partial charge in [0, 0.05) is 30.6 Å². The highest BCUT2D eigenvalue weighted by atomic mass is 16.5. The second kappa shape index (κ2) is 7.63.